The Morgan fingerprint density at radius 1 is 1.00 bits per heavy atom. The third-order valence-corrected chi connectivity index (χ3v) is 5.62. The van der Waals surface area contributed by atoms with Crippen molar-refractivity contribution in [3.05, 3.63) is 57.2 Å². The Kier molecular flexibility index (Phi) is 5.94. The van der Waals surface area contributed by atoms with Crippen molar-refractivity contribution in [2.45, 2.75) is 26.2 Å². The van der Waals surface area contributed by atoms with Crippen LogP contribution in [0.4, 0.5) is 0 Å². The molecule has 2 heterocycles. The largest absolute Gasteiger partial charge is 0.337 e. The van der Waals surface area contributed by atoms with Crippen LogP contribution in [0.3, 0.4) is 0 Å². The molecule has 0 aliphatic carbocycles. The van der Waals surface area contributed by atoms with Gasteiger partial charge in [-0.25, -0.2) is 4.98 Å². The van der Waals surface area contributed by atoms with Gasteiger partial charge in [-0.05, 0) is 23.8 Å². The maximum Gasteiger partial charge on any atom is 0.158 e. The molecule has 0 amide bonds. The number of hydrogen-bond acceptors (Lipinski definition) is 2. The van der Waals surface area contributed by atoms with Crippen molar-refractivity contribution in [1.29, 1.82) is 0 Å². The second-order valence-corrected chi connectivity index (χ2v) is 9.00. The van der Waals surface area contributed by atoms with Crippen LogP contribution in [0.5, 0.6) is 0 Å². The van der Waals surface area contributed by atoms with E-state index in [0.29, 0.717) is 26.4 Å². The van der Waals surface area contributed by atoms with Gasteiger partial charge < -0.3 is 4.98 Å². The minimum atomic E-state index is -0.173. The summed E-state index contributed by atoms with van der Waals surface area (Å²) in [5.41, 5.74) is 4.72. The van der Waals surface area contributed by atoms with E-state index in [-0.39, 0.29) is 17.8 Å². The van der Waals surface area contributed by atoms with Crippen molar-refractivity contribution in [2.75, 3.05) is 0 Å². The Hall–Kier alpha value is -1.72. The van der Waals surface area contributed by atoms with Crippen LogP contribution in [0.15, 0.2) is 36.4 Å². The van der Waals surface area contributed by atoms with Crippen molar-refractivity contribution in [3.8, 4) is 22.6 Å². The molecule has 0 spiro atoms. The van der Waals surface area contributed by atoms with E-state index < -0.39 is 0 Å². The summed E-state index contributed by atoms with van der Waals surface area (Å²) < 4.78 is 1.75. The standard InChI is InChI=1S/C21H19Cl3N4.ClH/c1-21(2,3)19-16(24)18(28(4)27-19)20-25-15-10-11(9-14(23)17(15)26-20)12-7-5-6-8-13(12)22;/h5-10H,1-4H3,(H,25,26);1H. The van der Waals surface area contributed by atoms with Crippen LogP contribution in [-0.4, -0.2) is 19.7 Å². The van der Waals surface area contributed by atoms with Crippen LogP contribution >= 0.6 is 47.2 Å². The number of nitrogens with zero attached hydrogens (tertiary/aromatic N) is 3. The number of hydrogen-bond donors (Lipinski definition) is 1. The van der Waals surface area contributed by atoms with Crippen molar-refractivity contribution in [3.63, 3.8) is 0 Å². The van der Waals surface area contributed by atoms with Crippen LogP contribution in [0.1, 0.15) is 26.5 Å². The maximum atomic E-state index is 6.67. The number of fused-ring (bicyclic) bond motifs is 1. The van der Waals surface area contributed by atoms with Gasteiger partial charge in [-0.1, -0.05) is 73.8 Å². The first-order valence-electron chi connectivity index (χ1n) is 8.84. The van der Waals surface area contributed by atoms with E-state index in [4.69, 9.17) is 39.8 Å². The highest BCUT2D eigenvalue weighted by atomic mass is 35.5. The second kappa shape index (κ2) is 7.84. The fourth-order valence-corrected chi connectivity index (χ4v) is 4.31. The minimum Gasteiger partial charge on any atom is -0.337 e. The number of imidazole rings is 1. The molecule has 0 bridgehead atoms. The summed E-state index contributed by atoms with van der Waals surface area (Å²) >= 11 is 19.6. The Morgan fingerprint density at radius 2 is 1.69 bits per heavy atom. The first-order valence-corrected chi connectivity index (χ1v) is 9.97. The monoisotopic (exact) mass is 468 g/mol. The number of rotatable bonds is 2. The summed E-state index contributed by atoms with van der Waals surface area (Å²) in [5, 5.41) is 6.41. The topological polar surface area (TPSA) is 46.5 Å². The SMILES string of the molecule is Cl.Cn1nc(C(C)(C)C)c(Cl)c1-c1nc2c(Cl)cc(-c3ccccc3Cl)cc2[nH]1. The molecule has 0 saturated heterocycles. The molecule has 4 nitrogen and oxygen atoms in total. The number of aromatic nitrogens is 4. The predicted octanol–water partition coefficient (Wildman–Crippen LogP) is 7.31. The average Bonchev–Trinajstić information content (AvgIpc) is 3.15. The van der Waals surface area contributed by atoms with Crippen molar-refractivity contribution in [2.24, 2.45) is 7.05 Å². The van der Waals surface area contributed by atoms with Crippen LogP contribution in [0.25, 0.3) is 33.7 Å². The molecule has 0 saturated carbocycles. The summed E-state index contributed by atoms with van der Waals surface area (Å²) in [6.07, 6.45) is 0. The lowest BCUT2D eigenvalue weighted by Gasteiger charge is -2.15. The Bertz CT molecular complexity index is 1200. The molecule has 0 fully saturated rings. The molecular formula is C21H20Cl4N4. The summed E-state index contributed by atoms with van der Waals surface area (Å²) in [6, 6.07) is 11.5. The molecule has 0 atom stereocenters. The molecule has 4 rings (SSSR count). The van der Waals surface area contributed by atoms with E-state index in [1.165, 1.54) is 0 Å². The second-order valence-electron chi connectivity index (χ2n) is 7.80. The van der Waals surface area contributed by atoms with E-state index in [2.05, 4.69) is 30.9 Å². The molecule has 4 aromatic rings. The van der Waals surface area contributed by atoms with Crippen LogP contribution in [0.2, 0.25) is 15.1 Å². The molecule has 1 N–H and O–H groups in total. The number of H-pyrrole nitrogens is 1. The Balaban J connectivity index is 0.00000240. The zero-order valence-corrected chi connectivity index (χ0v) is 19.4. The lowest BCUT2D eigenvalue weighted by molar-refractivity contribution is 0.553. The van der Waals surface area contributed by atoms with E-state index in [1.54, 1.807) is 4.68 Å². The van der Waals surface area contributed by atoms with Gasteiger partial charge in [0, 0.05) is 23.0 Å². The zero-order chi connectivity index (χ0) is 20.2. The summed E-state index contributed by atoms with van der Waals surface area (Å²) in [4.78, 5) is 8.04. The van der Waals surface area contributed by atoms with Crippen molar-refractivity contribution in [1.82, 2.24) is 19.7 Å². The van der Waals surface area contributed by atoms with Crippen molar-refractivity contribution >= 4 is 58.2 Å². The zero-order valence-electron chi connectivity index (χ0n) is 16.3. The highest BCUT2D eigenvalue weighted by Gasteiger charge is 2.27. The first-order chi connectivity index (χ1) is 13.2. The lowest BCUT2D eigenvalue weighted by Crippen LogP contribution is -2.12. The Morgan fingerprint density at radius 3 is 2.31 bits per heavy atom. The van der Waals surface area contributed by atoms with E-state index >= 15 is 0 Å². The number of aryl methyl sites for hydroxylation is 1. The van der Waals surface area contributed by atoms with Gasteiger partial charge in [0.05, 0.1) is 21.3 Å². The van der Waals surface area contributed by atoms with E-state index in [1.807, 2.05) is 43.4 Å². The highest BCUT2D eigenvalue weighted by molar-refractivity contribution is 6.36. The summed E-state index contributed by atoms with van der Waals surface area (Å²) in [5.74, 6) is 0.628. The number of halogens is 4. The van der Waals surface area contributed by atoms with Crippen LogP contribution in [-0.2, 0) is 12.5 Å². The van der Waals surface area contributed by atoms with Gasteiger partial charge in [0.25, 0.3) is 0 Å². The fourth-order valence-electron chi connectivity index (χ4n) is 3.27. The van der Waals surface area contributed by atoms with Gasteiger partial charge in [-0.2, -0.15) is 5.10 Å². The van der Waals surface area contributed by atoms with Gasteiger partial charge in [0.2, 0.25) is 0 Å². The predicted molar refractivity (Wildman–Crippen MR) is 125 cm³/mol. The molecule has 0 aliphatic heterocycles. The molecule has 8 heteroatoms. The van der Waals surface area contributed by atoms with Gasteiger partial charge >= 0.3 is 0 Å². The normalized spacial score (nSPS) is 11.7. The minimum absolute atomic E-state index is 0. The highest BCUT2D eigenvalue weighted by Crippen LogP contribution is 2.38. The molecule has 0 aliphatic rings. The molecule has 2 aromatic carbocycles. The van der Waals surface area contributed by atoms with Gasteiger partial charge in [0.1, 0.15) is 11.2 Å². The molecule has 29 heavy (non-hydrogen) atoms. The van der Waals surface area contributed by atoms with Crippen LogP contribution < -0.4 is 0 Å². The van der Waals surface area contributed by atoms with E-state index in [0.717, 1.165) is 28.0 Å². The summed E-state index contributed by atoms with van der Waals surface area (Å²) in [6.45, 7) is 6.24. The summed E-state index contributed by atoms with van der Waals surface area (Å²) in [7, 11) is 1.86. The van der Waals surface area contributed by atoms with Gasteiger partial charge in [-0.3, -0.25) is 4.68 Å². The number of benzene rings is 2. The fraction of sp³-hybridized carbons (Fsp3) is 0.238. The molecule has 0 unspecified atom stereocenters. The van der Waals surface area contributed by atoms with E-state index in [9.17, 15) is 0 Å². The number of aromatic amines is 1. The third kappa shape index (κ3) is 3.87. The quantitative estimate of drug-likeness (QED) is 0.334. The molecule has 152 valence electrons. The first kappa shape index (κ1) is 22.0. The third-order valence-electron chi connectivity index (χ3n) is 4.65. The van der Waals surface area contributed by atoms with Crippen molar-refractivity contribution < 1.29 is 0 Å². The molecular weight excluding hydrogens is 450 g/mol. The lowest BCUT2D eigenvalue weighted by atomic mass is 9.92. The number of nitrogens with one attached hydrogen (secondary N) is 1. The smallest absolute Gasteiger partial charge is 0.158 e. The van der Waals surface area contributed by atoms with Gasteiger partial charge in [-0.15, -0.1) is 12.4 Å². The molecule has 2 aromatic heterocycles. The Labute approximate surface area is 190 Å². The van der Waals surface area contributed by atoms with Crippen LogP contribution in [0, 0.1) is 0 Å². The maximum absolute atomic E-state index is 6.67. The van der Waals surface area contributed by atoms with Gasteiger partial charge in [0.15, 0.2) is 5.82 Å². The average molecular weight is 470 g/mol. The molecule has 0 radical (unpaired) electrons.